The van der Waals surface area contributed by atoms with E-state index >= 15 is 0 Å². The van der Waals surface area contributed by atoms with Crippen molar-refractivity contribution in [3.05, 3.63) is 59.4 Å². The van der Waals surface area contributed by atoms with Crippen LogP contribution in [0.4, 0.5) is 10.1 Å². The van der Waals surface area contributed by atoms with E-state index in [0.29, 0.717) is 13.3 Å². The van der Waals surface area contributed by atoms with Crippen LogP contribution < -0.4 is 9.64 Å². The van der Waals surface area contributed by atoms with E-state index in [1.54, 1.807) is 6.07 Å². The minimum atomic E-state index is -0.219. The molecule has 0 bridgehead atoms. The molecule has 3 rings (SSSR count). The summed E-state index contributed by atoms with van der Waals surface area (Å²) in [6.45, 7) is 3.24. The molecule has 0 saturated heterocycles. The van der Waals surface area contributed by atoms with Crippen LogP contribution in [-0.2, 0) is 6.54 Å². The predicted molar refractivity (Wildman–Crippen MR) is 69.3 cm³/mol. The van der Waals surface area contributed by atoms with Gasteiger partial charge in [0.05, 0.1) is 0 Å². The molecule has 18 heavy (non-hydrogen) atoms. The molecule has 1 aliphatic rings. The molecule has 92 valence electrons. The number of rotatable bonds is 1. The number of ether oxygens (including phenoxy) is 1. The number of hydrogen-bond acceptors (Lipinski definition) is 2. The lowest BCUT2D eigenvalue weighted by molar-refractivity contribution is 0.288. The molecular weight excluding hydrogens is 229 g/mol. The van der Waals surface area contributed by atoms with E-state index in [1.165, 1.54) is 17.7 Å². The fraction of sp³-hybridized carbons (Fsp3) is 0.200. The maximum atomic E-state index is 13.2. The number of nitrogens with zero attached hydrogens (tertiary/aromatic N) is 1. The Balaban J connectivity index is 1.90. The average Bonchev–Trinajstić information content (AvgIpc) is 2.38. The standard InChI is InChI=1S/C15H14FNO/c1-11-3-2-4-14(7-11)17-9-12-8-13(16)5-6-15(12)18-10-17/h2-8H,9-10H2,1H3. The van der Waals surface area contributed by atoms with Crippen LogP contribution in [0.3, 0.4) is 0 Å². The summed E-state index contributed by atoms with van der Waals surface area (Å²) in [5.74, 6) is 0.559. The second kappa shape index (κ2) is 4.33. The lowest BCUT2D eigenvalue weighted by Crippen LogP contribution is -2.31. The van der Waals surface area contributed by atoms with Gasteiger partial charge in [-0.15, -0.1) is 0 Å². The van der Waals surface area contributed by atoms with Crippen molar-refractivity contribution in [3.63, 3.8) is 0 Å². The first-order chi connectivity index (χ1) is 8.72. The second-order valence-corrected chi connectivity index (χ2v) is 4.56. The van der Waals surface area contributed by atoms with Gasteiger partial charge in [0.25, 0.3) is 0 Å². The van der Waals surface area contributed by atoms with E-state index in [-0.39, 0.29) is 5.82 Å². The molecule has 2 nitrogen and oxygen atoms in total. The van der Waals surface area contributed by atoms with Crippen molar-refractivity contribution in [2.24, 2.45) is 0 Å². The SMILES string of the molecule is Cc1cccc(N2COc3ccc(F)cc3C2)c1. The van der Waals surface area contributed by atoms with E-state index < -0.39 is 0 Å². The molecule has 3 heteroatoms. The Morgan fingerprint density at radius 3 is 2.89 bits per heavy atom. The largest absolute Gasteiger partial charge is 0.473 e. The summed E-state index contributed by atoms with van der Waals surface area (Å²) >= 11 is 0. The molecular formula is C15H14FNO. The third-order valence-corrected chi connectivity index (χ3v) is 3.13. The van der Waals surface area contributed by atoms with Crippen molar-refractivity contribution >= 4 is 5.69 Å². The molecule has 1 heterocycles. The van der Waals surface area contributed by atoms with Gasteiger partial charge in [-0.3, -0.25) is 0 Å². The summed E-state index contributed by atoms with van der Waals surface area (Å²) in [5, 5.41) is 0. The molecule has 0 fully saturated rings. The van der Waals surface area contributed by atoms with Gasteiger partial charge in [-0.2, -0.15) is 0 Å². The first kappa shape index (κ1) is 11.1. The van der Waals surface area contributed by atoms with Crippen LogP contribution in [-0.4, -0.2) is 6.73 Å². The molecule has 0 unspecified atom stereocenters. The van der Waals surface area contributed by atoms with Gasteiger partial charge in [-0.05, 0) is 42.8 Å². The molecule has 0 saturated carbocycles. The van der Waals surface area contributed by atoms with Gasteiger partial charge in [0.1, 0.15) is 11.6 Å². The number of anilines is 1. The summed E-state index contributed by atoms with van der Waals surface area (Å²) < 4.78 is 18.9. The number of benzene rings is 2. The quantitative estimate of drug-likeness (QED) is 0.760. The van der Waals surface area contributed by atoms with Gasteiger partial charge in [0, 0.05) is 17.8 Å². The van der Waals surface area contributed by atoms with E-state index in [9.17, 15) is 4.39 Å². The molecule has 1 aliphatic heterocycles. The third-order valence-electron chi connectivity index (χ3n) is 3.13. The first-order valence-electron chi connectivity index (χ1n) is 5.95. The highest BCUT2D eigenvalue weighted by Crippen LogP contribution is 2.28. The van der Waals surface area contributed by atoms with Gasteiger partial charge in [0.2, 0.25) is 0 Å². The molecule has 2 aromatic rings. The van der Waals surface area contributed by atoms with Crippen LogP contribution in [0.1, 0.15) is 11.1 Å². The Hall–Kier alpha value is -2.03. The summed E-state index contributed by atoms with van der Waals surface area (Å²) in [6, 6.07) is 12.9. The predicted octanol–water partition coefficient (Wildman–Crippen LogP) is 3.49. The zero-order valence-corrected chi connectivity index (χ0v) is 10.2. The number of aryl methyl sites for hydroxylation is 1. The molecule has 0 aromatic heterocycles. The van der Waals surface area contributed by atoms with Gasteiger partial charge < -0.3 is 9.64 Å². The van der Waals surface area contributed by atoms with E-state index in [2.05, 4.69) is 24.0 Å². The molecule has 0 radical (unpaired) electrons. The van der Waals surface area contributed by atoms with Crippen molar-refractivity contribution in [2.45, 2.75) is 13.5 Å². The molecule has 0 aliphatic carbocycles. The first-order valence-corrected chi connectivity index (χ1v) is 5.95. The average molecular weight is 243 g/mol. The Morgan fingerprint density at radius 2 is 2.06 bits per heavy atom. The molecule has 2 aromatic carbocycles. The monoisotopic (exact) mass is 243 g/mol. The summed E-state index contributed by atoms with van der Waals surface area (Å²) in [4.78, 5) is 2.09. The van der Waals surface area contributed by atoms with Gasteiger partial charge >= 0.3 is 0 Å². The molecule has 0 spiro atoms. The summed E-state index contributed by atoms with van der Waals surface area (Å²) in [5.41, 5.74) is 3.20. The van der Waals surface area contributed by atoms with Gasteiger partial charge in [0.15, 0.2) is 6.73 Å². The highest BCUT2D eigenvalue weighted by Gasteiger charge is 2.18. The fourth-order valence-corrected chi connectivity index (χ4v) is 2.20. The van der Waals surface area contributed by atoms with Crippen LogP contribution in [0, 0.1) is 12.7 Å². The van der Waals surface area contributed by atoms with E-state index in [0.717, 1.165) is 17.0 Å². The fourth-order valence-electron chi connectivity index (χ4n) is 2.20. The lowest BCUT2D eigenvalue weighted by atomic mass is 10.1. The van der Waals surface area contributed by atoms with Crippen molar-refractivity contribution in [2.75, 3.05) is 11.6 Å². The van der Waals surface area contributed by atoms with Crippen LogP contribution in [0.2, 0.25) is 0 Å². The Labute approximate surface area is 106 Å². The van der Waals surface area contributed by atoms with E-state index in [4.69, 9.17) is 4.74 Å². The van der Waals surface area contributed by atoms with Crippen molar-refractivity contribution < 1.29 is 9.13 Å². The Kier molecular flexibility index (Phi) is 2.67. The number of fused-ring (bicyclic) bond motifs is 1. The highest BCUT2D eigenvalue weighted by molar-refractivity contribution is 5.51. The normalized spacial score (nSPS) is 14.0. The Morgan fingerprint density at radius 1 is 1.17 bits per heavy atom. The topological polar surface area (TPSA) is 12.5 Å². The number of hydrogen-bond donors (Lipinski definition) is 0. The van der Waals surface area contributed by atoms with Gasteiger partial charge in [-0.25, -0.2) is 4.39 Å². The van der Waals surface area contributed by atoms with E-state index in [1.807, 2.05) is 12.1 Å². The smallest absolute Gasteiger partial charge is 0.161 e. The Bertz CT molecular complexity index is 582. The minimum absolute atomic E-state index is 0.219. The maximum Gasteiger partial charge on any atom is 0.161 e. The maximum absolute atomic E-state index is 13.2. The van der Waals surface area contributed by atoms with Crippen molar-refractivity contribution in [3.8, 4) is 5.75 Å². The third kappa shape index (κ3) is 2.04. The molecule has 0 atom stereocenters. The minimum Gasteiger partial charge on any atom is -0.473 e. The van der Waals surface area contributed by atoms with Crippen LogP contribution >= 0.6 is 0 Å². The number of halogens is 1. The summed E-state index contributed by atoms with van der Waals surface area (Å²) in [6.07, 6.45) is 0. The van der Waals surface area contributed by atoms with Crippen LogP contribution in [0.15, 0.2) is 42.5 Å². The lowest BCUT2D eigenvalue weighted by Gasteiger charge is -2.30. The zero-order valence-electron chi connectivity index (χ0n) is 10.2. The van der Waals surface area contributed by atoms with Crippen molar-refractivity contribution in [1.29, 1.82) is 0 Å². The molecule has 0 N–H and O–H groups in total. The molecule has 0 amide bonds. The van der Waals surface area contributed by atoms with Gasteiger partial charge in [-0.1, -0.05) is 12.1 Å². The second-order valence-electron chi connectivity index (χ2n) is 4.56. The van der Waals surface area contributed by atoms with Crippen LogP contribution in [0.5, 0.6) is 5.75 Å². The zero-order chi connectivity index (χ0) is 12.5. The summed E-state index contributed by atoms with van der Waals surface area (Å²) in [7, 11) is 0. The van der Waals surface area contributed by atoms with Crippen LogP contribution in [0.25, 0.3) is 0 Å². The van der Waals surface area contributed by atoms with Crippen molar-refractivity contribution in [1.82, 2.24) is 0 Å². The highest BCUT2D eigenvalue weighted by atomic mass is 19.1.